The Morgan fingerprint density at radius 3 is 3.19 bits per heavy atom. The van der Waals surface area contributed by atoms with Crippen LogP contribution in [0.4, 0.5) is 0 Å². The molecule has 16 heavy (non-hydrogen) atoms. The summed E-state index contributed by atoms with van der Waals surface area (Å²) in [5, 5.41) is 7.77. The third-order valence-electron chi connectivity index (χ3n) is 2.64. The highest BCUT2D eigenvalue weighted by Gasteiger charge is 2.11. The summed E-state index contributed by atoms with van der Waals surface area (Å²) >= 11 is 0. The Balaban J connectivity index is 2.33. The molecule has 0 aliphatic carbocycles. The summed E-state index contributed by atoms with van der Waals surface area (Å²) in [6, 6.07) is 6.26. The van der Waals surface area contributed by atoms with Crippen LogP contribution in [-0.4, -0.2) is 16.2 Å². The van der Waals surface area contributed by atoms with Gasteiger partial charge >= 0.3 is 0 Å². The molecular formula is C13H17N3. The van der Waals surface area contributed by atoms with Gasteiger partial charge in [0.25, 0.3) is 0 Å². The molecule has 0 saturated carbocycles. The van der Waals surface area contributed by atoms with Gasteiger partial charge in [0.2, 0.25) is 0 Å². The van der Waals surface area contributed by atoms with E-state index in [1.165, 1.54) is 5.56 Å². The number of nitrogens with one attached hydrogen (secondary N) is 1. The molecule has 3 heteroatoms. The molecule has 1 N–H and O–H groups in total. The van der Waals surface area contributed by atoms with E-state index in [0.29, 0.717) is 0 Å². The average molecular weight is 215 g/mol. The lowest BCUT2D eigenvalue weighted by Gasteiger charge is -2.12. The zero-order valence-corrected chi connectivity index (χ0v) is 9.56. The molecule has 0 aliphatic rings. The van der Waals surface area contributed by atoms with Crippen molar-refractivity contribution in [1.29, 1.82) is 0 Å². The molecule has 84 valence electrons. The number of hydrogen-bond donors (Lipinski definition) is 1. The third-order valence-corrected chi connectivity index (χ3v) is 2.64. The summed E-state index contributed by atoms with van der Waals surface area (Å²) in [6.45, 7) is 7.02. The quantitative estimate of drug-likeness (QED) is 0.777. The Kier molecular flexibility index (Phi) is 3.37. The second-order valence-corrected chi connectivity index (χ2v) is 3.80. The molecule has 3 nitrogen and oxygen atoms in total. The monoisotopic (exact) mass is 215 g/mol. The number of nitrogens with zero attached hydrogens (tertiary/aromatic N) is 2. The van der Waals surface area contributed by atoms with Crippen LogP contribution in [0.3, 0.4) is 0 Å². The Morgan fingerprint density at radius 2 is 2.44 bits per heavy atom. The molecule has 0 spiro atoms. The van der Waals surface area contributed by atoms with Crippen molar-refractivity contribution in [2.75, 3.05) is 6.54 Å². The van der Waals surface area contributed by atoms with Gasteiger partial charge in [-0.05, 0) is 25.1 Å². The maximum Gasteiger partial charge on any atom is 0.0712 e. The van der Waals surface area contributed by atoms with Gasteiger partial charge in [0.1, 0.15) is 0 Å². The van der Waals surface area contributed by atoms with Gasteiger partial charge in [-0.3, -0.25) is 0 Å². The summed E-state index contributed by atoms with van der Waals surface area (Å²) in [5.74, 6) is 0. The maximum atomic E-state index is 4.32. The van der Waals surface area contributed by atoms with E-state index in [-0.39, 0.29) is 6.04 Å². The molecular weight excluding hydrogens is 198 g/mol. The summed E-state index contributed by atoms with van der Waals surface area (Å²) in [5.41, 5.74) is 2.32. The standard InChI is InChI=1S/C13H17N3/c1-3-8-14-12(4-2)11-10-15-16-9-6-5-7-13(11)16/h4-7,9-10,12,14H,2-3,8H2,1H3. The maximum absolute atomic E-state index is 4.32. The van der Waals surface area contributed by atoms with Crippen molar-refractivity contribution < 1.29 is 0 Å². The predicted octanol–water partition coefficient (Wildman–Crippen LogP) is 2.56. The SMILES string of the molecule is C=CC(NCCC)c1cnn2ccccc12. The fourth-order valence-electron chi connectivity index (χ4n) is 1.81. The summed E-state index contributed by atoms with van der Waals surface area (Å²) in [4.78, 5) is 0. The second-order valence-electron chi connectivity index (χ2n) is 3.80. The fraction of sp³-hybridized carbons (Fsp3) is 0.308. The zero-order chi connectivity index (χ0) is 11.4. The molecule has 2 aromatic rings. The minimum Gasteiger partial charge on any atom is -0.307 e. The first-order chi connectivity index (χ1) is 7.86. The van der Waals surface area contributed by atoms with Crippen LogP contribution in [0.2, 0.25) is 0 Å². The van der Waals surface area contributed by atoms with Crippen LogP contribution >= 0.6 is 0 Å². The van der Waals surface area contributed by atoms with Crippen molar-refractivity contribution in [2.45, 2.75) is 19.4 Å². The lowest BCUT2D eigenvalue weighted by atomic mass is 10.1. The molecule has 0 fully saturated rings. The second kappa shape index (κ2) is 4.94. The molecule has 1 atom stereocenters. The van der Waals surface area contributed by atoms with E-state index < -0.39 is 0 Å². The molecule has 0 aromatic carbocycles. The molecule has 2 aromatic heterocycles. The van der Waals surface area contributed by atoms with E-state index >= 15 is 0 Å². The summed E-state index contributed by atoms with van der Waals surface area (Å²) in [7, 11) is 0. The average Bonchev–Trinajstić information content (AvgIpc) is 2.75. The number of rotatable bonds is 5. The van der Waals surface area contributed by atoms with Gasteiger partial charge in [-0.15, -0.1) is 6.58 Å². The van der Waals surface area contributed by atoms with E-state index in [0.717, 1.165) is 18.5 Å². The first-order valence-electron chi connectivity index (χ1n) is 5.65. The number of hydrogen-bond acceptors (Lipinski definition) is 2. The van der Waals surface area contributed by atoms with Gasteiger partial charge in [-0.1, -0.05) is 19.1 Å². The van der Waals surface area contributed by atoms with Crippen LogP contribution in [0, 0.1) is 0 Å². The van der Waals surface area contributed by atoms with Crippen LogP contribution < -0.4 is 5.32 Å². The van der Waals surface area contributed by atoms with Crippen molar-refractivity contribution in [1.82, 2.24) is 14.9 Å². The van der Waals surface area contributed by atoms with E-state index in [9.17, 15) is 0 Å². The van der Waals surface area contributed by atoms with Gasteiger partial charge in [0.15, 0.2) is 0 Å². The van der Waals surface area contributed by atoms with Crippen molar-refractivity contribution in [3.8, 4) is 0 Å². The van der Waals surface area contributed by atoms with Gasteiger partial charge < -0.3 is 5.32 Å². The Labute approximate surface area is 95.8 Å². The molecule has 0 amide bonds. The van der Waals surface area contributed by atoms with Gasteiger partial charge in [0, 0.05) is 11.8 Å². The Bertz CT molecular complexity index is 473. The molecule has 2 rings (SSSR count). The van der Waals surface area contributed by atoms with E-state index in [2.05, 4.69) is 30.0 Å². The van der Waals surface area contributed by atoms with Crippen LogP contribution in [-0.2, 0) is 0 Å². The number of pyridine rings is 1. The number of fused-ring (bicyclic) bond motifs is 1. The van der Waals surface area contributed by atoms with E-state index in [1.807, 2.05) is 35.1 Å². The normalized spacial score (nSPS) is 12.8. The first-order valence-corrected chi connectivity index (χ1v) is 5.65. The molecule has 0 saturated heterocycles. The Hall–Kier alpha value is -1.61. The lowest BCUT2D eigenvalue weighted by molar-refractivity contribution is 0.616. The molecule has 1 unspecified atom stereocenters. The van der Waals surface area contributed by atoms with Crippen LogP contribution in [0.1, 0.15) is 24.9 Å². The highest BCUT2D eigenvalue weighted by Crippen LogP contribution is 2.19. The van der Waals surface area contributed by atoms with Gasteiger partial charge in [-0.25, -0.2) is 4.52 Å². The minimum absolute atomic E-state index is 0.180. The van der Waals surface area contributed by atoms with E-state index in [1.54, 1.807) is 0 Å². The lowest BCUT2D eigenvalue weighted by Crippen LogP contribution is -2.19. The molecule has 2 heterocycles. The highest BCUT2D eigenvalue weighted by atomic mass is 15.2. The molecule has 0 radical (unpaired) electrons. The minimum atomic E-state index is 0.180. The smallest absolute Gasteiger partial charge is 0.0712 e. The number of aromatic nitrogens is 2. The van der Waals surface area contributed by atoms with Crippen molar-refractivity contribution in [3.63, 3.8) is 0 Å². The largest absolute Gasteiger partial charge is 0.307 e. The molecule has 0 aliphatic heterocycles. The van der Waals surface area contributed by atoms with Crippen molar-refractivity contribution >= 4 is 5.52 Å². The van der Waals surface area contributed by atoms with Crippen molar-refractivity contribution in [3.05, 3.63) is 48.8 Å². The van der Waals surface area contributed by atoms with Gasteiger partial charge in [0.05, 0.1) is 17.8 Å². The van der Waals surface area contributed by atoms with Crippen LogP contribution in [0.5, 0.6) is 0 Å². The first kappa shape index (κ1) is 10.9. The van der Waals surface area contributed by atoms with Crippen LogP contribution in [0.15, 0.2) is 43.2 Å². The third kappa shape index (κ3) is 1.99. The van der Waals surface area contributed by atoms with E-state index in [4.69, 9.17) is 0 Å². The van der Waals surface area contributed by atoms with Gasteiger partial charge in [-0.2, -0.15) is 5.10 Å². The zero-order valence-electron chi connectivity index (χ0n) is 9.56. The van der Waals surface area contributed by atoms with Crippen molar-refractivity contribution in [2.24, 2.45) is 0 Å². The molecule has 0 bridgehead atoms. The fourth-order valence-corrected chi connectivity index (χ4v) is 1.81. The highest BCUT2D eigenvalue weighted by molar-refractivity contribution is 5.55. The summed E-state index contributed by atoms with van der Waals surface area (Å²) in [6.07, 6.45) is 6.91. The predicted molar refractivity (Wildman–Crippen MR) is 66.4 cm³/mol. The summed E-state index contributed by atoms with van der Waals surface area (Å²) < 4.78 is 1.89. The topological polar surface area (TPSA) is 29.3 Å². The Morgan fingerprint density at radius 1 is 1.56 bits per heavy atom. The van der Waals surface area contributed by atoms with Crippen LogP contribution in [0.25, 0.3) is 5.52 Å².